The van der Waals surface area contributed by atoms with Crippen LogP contribution in [0.3, 0.4) is 0 Å². The van der Waals surface area contributed by atoms with Crippen molar-refractivity contribution in [2.45, 2.75) is 62.6 Å². The van der Waals surface area contributed by atoms with E-state index in [0.717, 1.165) is 62.7 Å². The van der Waals surface area contributed by atoms with Crippen LogP contribution in [0.5, 0.6) is 11.5 Å². The minimum absolute atomic E-state index is 0. The predicted octanol–water partition coefficient (Wildman–Crippen LogP) is 5.69. The number of hydrogen-bond acceptors (Lipinski definition) is 6. The number of rotatable bonds is 8. The minimum Gasteiger partial charge on any atom is -0.497 e. The van der Waals surface area contributed by atoms with Crippen molar-refractivity contribution in [2.75, 3.05) is 55.4 Å². The number of ether oxygens (including phenoxy) is 2. The van der Waals surface area contributed by atoms with Crippen LogP contribution >= 0.6 is 12.4 Å². The van der Waals surface area contributed by atoms with Gasteiger partial charge in [-0.05, 0) is 89.3 Å². The van der Waals surface area contributed by atoms with Crippen molar-refractivity contribution >= 4 is 12.4 Å². The molecule has 4 rings (SSSR count). The van der Waals surface area contributed by atoms with Gasteiger partial charge >= 0.3 is 0 Å². The fourth-order valence-corrected chi connectivity index (χ4v) is 6.24. The first-order valence-electron chi connectivity index (χ1n) is 16.7. The van der Waals surface area contributed by atoms with Gasteiger partial charge in [-0.1, -0.05) is 49.9 Å². The maximum absolute atomic E-state index is 11.3. The van der Waals surface area contributed by atoms with Gasteiger partial charge in [0.1, 0.15) is 11.5 Å². The van der Waals surface area contributed by atoms with E-state index in [0.29, 0.717) is 12.8 Å². The molecule has 2 aromatic rings. The van der Waals surface area contributed by atoms with Gasteiger partial charge in [-0.3, -0.25) is 0 Å². The molecule has 0 aromatic heterocycles. The molecule has 0 saturated heterocycles. The number of hydrogen-bond donors (Lipinski definition) is 2. The Hall–Kier alpha value is -1.83. The Bertz CT molecular complexity index is 1110. The lowest BCUT2D eigenvalue weighted by Crippen LogP contribution is -2.43. The maximum Gasteiger partial charge on any atom is 0.119 e. The van der Waals surface area contributed by atoms with Crippen LogP contribution in [0.1, 0.15) is 70.7 Å². The molecule has 220 valence electrons. The zero-order chi connectivity index (χ0) is 32.8. The summed E-state index contributed by atoms with van der Waals surface area (Å²) in [6.45, 7) is 1.61. The van der Waals surface area contributed by atoms with Crippen LogP contribution in [-0.2, 0) is 11.2 Å². The van der Waals surface area contributed by atoms with E-state index in [-0.39, 0.29) is 35.7 Å². The van der Waals surface area contributed by atoms with Crippen LogP contribution in [0.15, 0.2) is 48.5 Å². The fourth-order valence-electron chi connectivity index (χ4n) is 6.24. The molecule has 7 heteroatoms. The van der Waals surface area contributed by atoms with Crippen molar-refractivity contribution in [1.82, 2.24) is 9.80 Å². The van der Waals surface area contributed by atoms with E-state index in [2.05, 4.69) is 9.80 Å². The Labute approximate surface area is 251 Å². The largest absolute Gasteiger partial charge is 0.497 e. The highest BCUT2D eigenvalue weighted by atomic mass is 35.5. The fraction of sp³-hybridized carbons (Fsp3) is 0.625. The lowest BCUT2D eigenvalue weighted by molar-refractivity contribution is -0.0621. The van der Waals surface area contributed by atoms with Gasteiger partial charge in [0.25, 0.3) is 0 Å². The Kier molecular flexibility index (Phi) is 9.74. The molecule has 2 aromatic carbocycles. The van der Waals surface area contributed by atoms with Crippen molar-refractivity contribution in [3.05, 3.63) is 59.7 Å². The van der Waals surface area contributed by atoms with E-state index in [1.54, 1.807) is 36.4 Å². The lowest BCUT2D eigenvalue weighted by atomic mass is 9.71. The smallest absolute Gasteiger partial charge is 0.119 e. The number of aliphatic hydroxyl groups is 2. The molecule has 0 aliphatic heterocycles. The third-order valence-corrected chi connectivity index (χ3v) is 8.15. The monoisotopic (exact) mass is 568 g/mol. The summed E-state index contributed by atoms with van der Waals surface area (Å²) >= 11 is 0. The van der Waals surface area contributed by atoms with Crippen molar-refractivity contribution < 1.29 is 27.9 Å². The van der Waals surface area contributed by atoms with Crippen LogP contribution in [0, 0.1) is 11.8 Å². The number of nitrogens with zero attached hydrogens (tertiary/aromatic N) is 2. The molecule has 6 nitrogen and oxygen atoms in total. The third-order valence-electron chi connectivity index (χ3n) is 8.15. The molecule has 0 amide bonds. The molecule has 4 atom stereocenters. The zero-order valence-corrected chi connectivity index (χ0v) is 24.7. The van der Waals surface area contributed by atoms with Crippen LogP contribution in [0.2, 0.25) is 0 Å². The first kappa shape index (κ1) is 24.9. The van der Waals surface area contributed by atoms with E-state index in [9.17, 15) is 10.2 Å². The molecular formula is C32H51ClN2O4. The average molecular weight is 569 g/mol. The van der Waals surface area contributed by atoms with E-state index < -0.39 is 25.3 Å². The first-order valence-corrected chi connectivity index (χ1v) is 13.7. The summed E-state index contributed by atoms with van der Waals surface area (Å²) in [5, 5.41) is 22.5. The van der Waals surface area contributed by atoms with Gasteiger partial charge in [-0.25, -0.2) is 0 Å². The number of methoxy groups -OCH3 is 2. The van der Waals surface area contributed by atoms with Gasteiger partial charge < -0.3 is 29.5 Å². The van der Waals surface area contributed by atoms with Crippen molar-refractivity contribution in [3.8, 4) is 11.5 Å². The number of halogens is 1. The summed E-state index contributed by atoms with van der Waals surface area (Å²) in [6.07, 6.45) is 7.53. The average Bonchev–Trinajstić information content (AvgIpc) is 2.90. The SMILES string of the molecule is Cl.[2H]C([2H])([2H])Oc1cccc([C@@]2(O)CCCC[C@@H]2CN(C)C)c1.[2H]C([2H])([2H])Oc1cccc([C@@]2(O)CCCC[C@@H]2CN(C)C)c1. The lowest BCUT2D eigenvalue weighted by Gasteiger charge is -2.41. The van der Waals surface area contributed by atoms with Crippen LogP contribution in [-0.4, -0.2) is 75.4 Å². The van der Waals surface area contributed by atoms with Crippen LogP contribution < -0.4 is 9.47 Å². The summed E-state index contributed by atoms with van der Waals surface area (Å²) in [7, 11) is 3.06. The number of benzene rings is 2. The van der Waals surface area contributed by atoms with Gasteiger partial charge in [-0.15, -0.1) is 12.4 Å². The van der Waals surface area contributed by atoms with E-state index in [1.165, 1.54) is 0 Å². The first-order chi connectivity index (χ1) is 20.4. The van der Waals surface area contributed by atoms with Gasteiger partial charge in [0, 0.05) is 24.9 Å². The van der Waals surface area contributed by atoms with Crippen molar-refractivity contribution in [2.24, 2.45) is 11.8 Å². The summed E-state index contributed by atoms with van der Waals surface area (Å²) in [6, 6.07) is 13.8. The Morgan fingerprint density at radius 2 is 1.15 bits per heavy atom. The predicted molar refractivity (Wildman–Crippen MR) is 162 cm³/mol. The maximum atomic E-state index is 11.3. The minimum atomic E-state index is -2.48. The third kappa shape index (κ3) is 8.58. The summed E-state index contributed by atoms with van der Waals surface area (Å²) in [5.41, 5.74) is -0.339. The highest BCUT2D eigenvalue weighted by Crippen LogP contribution is 2.44. The zero-order valence-electron chi connectivity index (χ0n) is 29.9. The summed E-state index contributed by atoms with van der Waals surface area (Å²) < 4.78 is 53.2. The molecule has 2 fully saturated rings. The second kappa shape index (κ2) is 15.2. The molecule has 0 bridgehead atoms. The van der Waals surface area contributed by atoms with Gasteiger partial charge in [0.15, 0.2) is 0 Å². The standard InChI is InChI=1S/2C16H25NO2.ClH/c2*1-17(2)12-14-7-4-5-10-16(14,18)13-8-6-9-15(11-13)19-3;/h2*6,8-9,11,14,18H,4-5,7,10,12H2,1-3H3;1H/t2*14-,16+;/m11./s1/i2*3D3;. The topological polar surface area (TPSA) is 65.4 Å². The second-order valence-electron chi connectivity index (χ2n) is 11.5. The Morgan fingerprint density at radius 1 is 0.744 bits per heavy atom. The Balaban J connectivity index is 0.000000307. The summed E-state index contributed by atoms with van der Waals surface area (Å²) in [5.74, 6) is 0.832. The normalized spacial score (nSPS) is 29.7. The van der Waals surface area contributed by atoms with Crippen LogP contribution in [0.25, 0.3) is 0 Å². The van der Waals surface area contributed by atoms with Gasteiger partial charge in [0.05, 0.1) is 33.5 Å². The van der Waals surface area contributed by atoms with Gasteiger partial charge in [-0.2, -0.15) is 0 Å². The van der Waals surface area contributed by atoms with Crippen molar-refractivity contribution in [3.63, 3.8) is 0 Å². The molecule has 2 saturated carbocycles. The van der Waals surface area contributed by atoms with Gasteiger partial charge in [0.2, 0.25) is 0 Å². The molecule has 2 N–H and O–H groups in total. The van der Waals surface area contributed by atoms with Crippen molar-refractivity contribution in [1.29, 1.82) is 0 Å². The highest BCUT2D eigenvalue weighted by Gasteiger charge is 2.41. The molecule has 0 unspecified atom stereocenters. The summed E-state index contributed by atoms with van der Waals surface area (Å²) in [4.78, 5) is 4.17. The molecule has 0 heterocycles. The molecule has 39 heavy (non-hydrogen) atoms. The molecule has 0 radical (unpaired) electrons. The quantitative estimate of drug-likeness (QED) is 0.426. The molecule has 2 aliphatic rings. The van der Waals surface area contributed by atoms with E-state index >= 15 is 0 Å². The van der Waals surface area contributed by atoms with E-state index in [1.807, 2.05) is 40.3 Å². The Morgan fingerprint density at radius 3 is 1.51 bits per heavy atom. The molecule has 2 aliphatic carbocycles. The van der Waals surface area contributed by atoms with E-state index in [4.69, 9.17) is 17.7 Å². The second-order valence-corrected chi connectivity index (χ2v) is 11.5. The highest BCUT2D eigenvalue weighted by molar-refractivity contribution is 5.85. The molecular weight excluding hydrogens is 512 g/mol. The van der Waals surface area contributed by atoms with Crippen LogP contribution in [0.4, 0.5) is 0 Å². The molecule has 0 spiro atoms.